The van der Waals surface area contributed by atoms with Crippen molar-refractivity contribution in [3.63, 3.8) is 0 Å². The van der Waals surface area contributed by atoms with E-state index in [2.05, 4.69) is 55.9 Å². The van der Waals surface area contributed by atoms with Crippen molar-refractivity contribution in [2.24, 2.45) is 0 Å². The quantitative estimate of drug-likeness (QED) is 0.441. The summed E-state index contributed by atoms with van der Waals surface area (Å²) in [6, 6.07) is 16.4. The van der Waals surface area contributed by atoms with Gasteiger partial charge in [0.1, 0.15) is 0 Å². The van der Waals surface area contributed by atoms with E-state index in [-0.39, 0.29) is 0 Å². The summed E-state index contributed by atoms with van der Waals surface area (Å²) in [6.07, 6.45) is 9.34. The molecule has 0 saturated heterocycles. The first-order valence-electron chi connectivity index (χ1n) is 10.2. The second-order valence-corrected chi connectivity index (χ2v) is 7.53. The number of nitrogens with zero attached hydrogens (tertiary/aromatic N) is 5. The highest BCUT2D eigenvalue weighted by atomic mass is 15.1. The van der Waals surface area contributed by atoms with Gasteiger partial charge in [-0.15, -0.1) is 0 Å². The van der Waals surface area contributed by atoms with Crippen LogP contribution in [0.1, 0.15) is 16.8 Å². The van der Waals surface area contributed by atoms with Crippen LogP contribution < -0.4 is 5.32 Å². The summed E-state index contributed by atoms with van der Waals surface area (Å²) < 4.78 is 2.06. The maximum atomic E-state index is 4.70. The molecule has 0 spiro atoms. The maximum absolute atomic E-state index is 4.70. The molecule has 0 aliphatic heterocycles. The van der Waals surface area contributed by atoms with Crippen molar-refractivity contribution >= 4 is 11.5 Å². The molecule has 0 atom stereocenters. The van der Waals surface area contributed by atoms with Gasteiger partial charge in [0, 0.05) is 48.2 Å². The van der Waals surface area contributed by atoms with Gasteiger partial charge in [-0.2, -0.15) is 0 Å². The number of nitrogens with one attached hydrogen (secondary N) is 1. The standard InChI is InChI=1S/C25H22N6/c1-17-12-19(14-28-23(17)21-8-9-26-18(2)13-21)15-29-24-25-30-16-22(31(25)11-10-27-24)20-6-4-3-5-7-20/h3-14,16H,15H2,1-2H3,(H,27,29). The van der Waals surface area contributed by atoms with E-state index in [4.69, 9.17) is 4.98 Å². The minimum atomic E-state index is 0.615. The number of anilines is 1. The van der Waals surface area contributed by atoms with Crippen molar-refractivity contribution < 1.29 is 0 Å². The van der Waals surface area contributed by atoms with Gasteiger partial charge in [-0.05, 0) is 37.1 Å². The van der Waals surface area contributed by atoms with Crippen molar-refractivity contribution in [1.82, 2.24) is 24.3 Å². The zero-order valence-electron chi connectivity index (χ0n) is 17.4. The summed E-state index contributed by atoms with van der Waals surface area (Å²) >= 11 is 0. The van der Waals surface area contributed by atoms with E-state index < -0.39 is 0 Å². The van der Waals surface area contributed by atoms with E-state index in [1.54, 1.807) is 6.20 Å². The first kappa shape index (κ1) is 18.9. The van der Waals surface area contributed by atoms with Gasteiger partial charge in [-0.1, -0.05) is 36.4 Å². The average molecular weight is 406 g/mol. The molecule has 6 heteroatoms. The lowest BCUT2D eigenvalue weighted by molar-refractivity contribution is 1.05. The number of hydrogen-bond donors (Lipinski definition) is 1. The Balaban J connectivity index is 1.39. The highest BCUT2D eigenvalue weighted by molar-refractivity contribution is 5.70. The van der Waals surface area contributed by atoms with Gasteiger partial charge >= 0.3 is 0 Å². The molecule has 31 heavy (non-hydrogen) atoms. The van der Waals surface area contributed by atoms with Gasteiger partial charge in [-0.25, -0.2) is 9.97 Å². The van der Waals surface area contributed by atoms with Crippen molar-refractivity contribution in [3.8, 4) is 22.5 Å². The lowest BCUT2D eigenvalue weighted by Gasteiger charge is -2.10. The molecule has 5 aromatic rings. The SMILES string of the molecule is Cc1cc(-c2ncc(CNc3nccn4c(-c5ccccc5)cnc34)cc2C)ccn1. The zero-order valence-corrected chi connectivity index (χ0v) is 17.4. The smallest absolute Gasteiger partial charge is 0.180 e. The number of aryl methyl sites for hydroxylation is 2. The van der Waals surface area contributed by atoms with Gasteiger partial charge < -0.3 is 5.32 Å². The van der Waals surface area contributed by atoms with E-state index in [1.807, 2.05) is 56.0 Å². The van der Waals surface area contributed by atoms with E-state index >= 15 is 0 Å². The first-order chi connectivity index (χ1) is 15.2. The van der Waals surface area contributed by atoms with E-state index in [0.717, 1.165) is 50.8 Å². The van der Waals surface area contributed by atoms with Gasteiger partial charge in [-0.3, -0.25) is 14.4 Å². The van der Waals surface area contributed by atoms with Crippen LogP contribution in [0.2, 0.25) is 0 Å². The van der Waals surface area contributed by atoms with E-state index in [9.17, 15) is 0 Å². The Morgan fingerprint density at radius 2 is 1.71 bits per heavy atom. The van der Waals surface area contributed by atoms with Crippen LogP contribution in [0.4, 0.5) is 5.82 Å². The molecule has 0 amide bonds. The second-order valence-electron chi connectivity index (χ2n) is 7.53. The molecule has 5 rings (SSSR count). The molecule has 1 aromatic carbocycles. The summed E-state index contributed by atoms with van der Waals surface area (Å²) in [7, 11) is 0. The normalized spacial score (nSPS) is 11.0. The number of benzene rings is 1. The molecule has 0 aliphatic rings. The first-order valence-corrected chi connectivity index (χ1v) is 10.2. The van der Waals surface area contributed by atoms with Crippen LogP contribution in [0.3, 0.4) is 0 Å². The van der Waals surface area contributed by atoms with Gasteiger partial charge in [0.2, 0.25) is 0 Å². The topological polar surface area (TPSA) is 68.0 Å². The molecule has 1 N–H and O–H groups in total. The average Bonchev–Trinajstić information content (AvgIpc) is 3.23. The zero-order chi connectivity index (χ0) is 21.2. The molecule has 0 aliphatic carbocycles. The van der Waals surface area contributed by atoms with Crippen LogP contribution in [0.15, 0.2) is 79.5 Å². The molecule has 0 saturated carbocycles. The minimum Gasteiger partial charge on any atom is -0.363 e. The summed E-state index contributed by atoms with van der Waals surface area (Å²) in [4.78, 5) is 18.1. The predicted octanol–water partition coefficient (Wildman–Crippen LogP) is 5.08. The molecular formula is C25H22N6. The van der Waals surface area contributed by atoms with Crippen LogP contribution in [0, 0.1) is 13.8 Å². The van der Waals surface area contributed by atoms with Crippen molar-refractivity contribution in [1.29, 1.82) is 0 Å². The van der Waals surface area contributed by atoms with Crippen molar-refractivity contribution in [2.45, 2.75) is 20.4 Å². The van der Waals surface area contributed by atoms with Gasteiger partial charge in [0.05, 0.1) is 17.6 Å². The summed E-state index contributed by atoms with van der Waals surface area (Å²) in [5.74, 6) is 0.746. The van der Waals surface area contributed by atoms with Crippen LogP contribution >= 0.6 is 0 Å². The van der Waals surface area contributed by atoms with Crippen molar-refractivity contribution in [3.05, 3.63) is 96.3 Å². The Bertz CT molecular complexity index is 1360. The fraction of sp³-hybridized carbons (Fsp3) is 0.120. The van der Waals surface area contributed by atoms with Crippen LogP contribution in [-0.2, 0) is 6.54 Å². The largest absolute Gasteiger partial charge is 0.363 e. The highest BCUT2D eigenvalue weighted by Gasteiger charge is 2.11. The number of imidazole rings is 1. The third-order valence-electron chi connectivity index (χ3n) is 5.26. The third kappa shape index (κ3) is 3.75. The molecule has 152 valence electrons. The Morgan fingerprint density at radius 1 is 0.839 bits per heavy atom. The number of fused-ring (bicyclic) bond motifs is 1. The number of aromatic nitrogens is 5. The molecule has 0 unspecified atom stereocenters. The molecular weight excluding hydrogens is 384 g/mol. The number of rotatable bonds is 5. The number of pyridine rings is 2. The number of hydrogen-bond acceptors (Lipinski definition) is 5. The molecule has 4 heterocycles. The molecule has 0 fully saturated rings. The monoisotopic (exact) mass is 406 g/mol. The predicted molar refractivity (Wildman–Crippen MR) is 123 cm³/mol. The van der Waals surface area contributed by atoms with E-state index in [0.29, 0.717) is 6.54 Å². The summed E-state index contributed by atoms with van der Waals surface area (Å²) in [5, 5.41) is 3.42. The Kier molecular flexibility index (Phi) is 4.88. The van der Waals surface area contributed by atoms with E-state index in [1.165, 1.54) is 0 Å². The Hall–Kier alpha value is -4.06. The van der Waals surface area contributed by atoms with Crippen LogP contribution in [-0.4, -0.2) is 24.3 Å². The second kappa shape index (κ2) is 7.99. The van der Waals surface area contributed by atoms with Crippen LogP contribution in [0.25, 0.3) is 28.2 Å². The Morgan fingerprint density at radius 3 is 2.52 bits per heavy atom. The lowest BCUT2D eigenvalue weighted by atomic mass is 10.1. The van der Waals surface area contributed by atoms with Gasteiger partial charge in [0.25, 0.3) is 0 Å². The Labute approximate surface area is 180 Å². The lowest BCUT2D eigenvalue weighted by Crippen LogP contribution is -2.05. The summed E-state index contributed by atoms with van der Waals surface area (Å²) in [5.41, 5.74) is 8.23. The highest BCUT2D eigenvalue weighted by Crippen LogP contribution is 2.24. The summed E-state index contributed by atoms with van der Waals surface area (Å²) in [6.45, 7) is 4.69. The maximum Gasteiger partial charge on any atom is 0.180 e. The molecule has 4 aromatic heterocycles. The third-order valence-corrected chi connectivity index (χ3v) is 5.26. The molecule has 0 radical (unpaired) electrons. The molecule has 0 bridgehead atoms. The van der Waals surface area contributed by atoms with Crippen molar-refractivity contribution in [2.75, 3.05) is 5.32 Å². The van der Waals surface area contributed by atoms with Gasteiger partial charge in [0.15, 0.2) is 11.5 Å². The van der Waals surface area contributed by atoms with Crippen LogP contribution in [0.5, 0.6) is 0 Å². The fourth-order valence-electron chi connectivity index (χ4n) is 3.78. The molecule has 6 nitrogen and oxygen atoms in total. The fourth-order valence-corrected chi connectivity index (χ4v) is 3.78. The minimum absolute atomic E-state index is 0.615.